The summed E-state index contributed by atoms with van der Waals surface area (Å²) >= 11 is 0. The van der Waals surface area contributed by atoms with Crippen molar-refractivity contribution in [3.63, 3.8) is 0 Å². The SMILES string of the molecule is C=C(C#N)C(OC(=O)CCc1ccccc1)c1ccccc1. The van der Waals surface area contributed by atoms with Crippen LogP contribution in [0, 0.1) is 11.3 Å². The van der Waals surface area contributed by atoms with E-state index < -0.39 is 6.10 Å². The minimum atomic E-state index is -0.713. The van der Waals surface area contributed by atoms with E-state index in [-0.39, 0.29) is 18.0 Å². The molecule has 0 aromatic heterocycles. The van der Waals surface area contributed by atoms with Crippen LogP contribution in [0.1, 0.15) is 23.7 Å². The molecule has 0 amide bonds. The highest BCUT2D eigenvalue weighted by atomic mass is 16.5. The second-order valence-corrected chi connectivity index (χ2v) is 4.90. The molecule has 22 heavy (non-hydrogen) atoms. The number of hydrogen-bond donors (Lipinski definition) is 0. The molecule has 1 unspecified atom stereocenters. The first-order valence-electron chi connectivity index (χ1n) is 7.08. The zero-order valence-corrected chi connectivity index (χ0v) is 12.2. The summed E-state index contributed by atoms with van der Waals surface area (Å²) in [7, 11) is 0. The molecule has 0 saturated carbocycles. The molecule has 0 heterocycles. The first-order valence-corrected chi connectivity index (χ1v) is 7.08. The Morgan fingerprint density at radius 3 is 2.27 bits per heavy atom. The first kappa shape index (κ1) is 15.5. The van der Waals surface area contributed by atoms with Crippen molar-refractivity contribution in [1.29, 1.82) is 5.26 Å². The Balaban J connectivity index is 2.00. The van der Waals surface area contributed by atoms with E-state index in [1.54, 1.807) is 0 Å². The van der Waals surface area contributed by atoms with Gasteiger partial charge in [0.25, 0.3) is 0 Å². The molecule has 3 nitrogen and oxygen atoms in total. The van der Waals surface area contributed by atoms with E-state index in [0.717, 1.165) is 11.1 Å². The zero-order chi connectivity index (χ0) is 15.8. The summed E-state index contributed by atoms with van der Waals surface area (Å²) in [4.78, 5) is 12.0. The molecule has 0 aliphatic carbocycles. The number of carbonyl (C=O) groups excluding carboxylic acids is 1. The largest absolute Gasteiger partial charge is 0.452 e. The normalized spacial score (nSPS) is 11.2. The molecule has 110 valence electrons. The fourth-order valence-electron chi connectivity index (χ4n) is 2.11. The third-order valence-electron chi connectivity index (χ3n) is 3.27. The maximum atomic E-state index is 12.0. The second kappa shape index (κ2) is 7.80. The van der Waals surface area contributed by atoms with Crippen LogP contribution in [0.2, 0.25) is 0 Å². The smallest absolute Gasteiger partial charge is 0.307 e. The van der Waals surface area contributed by atoms with Gasteiger partial charge in [0.15, 0.2) is 6.10 Å². The van der Waals surface area contributed by atoms with E-state index in [2.05, 4.69) is 6.58 Å². The van der Waals surface area contributed by atoms with Crippen molar-refractivity contribution < 1.29 is 9.53 Å². The number of ether oxygens (including phenoxy) is 1. The average molecular weight is 291 g/mol. The molecule has 0 spiro atoms. The first-order chi connectivity index (χ1) is 10.7. The van der Waals surface area contributed by atoms with Crippen LogP contribution < -0.4 is 0 Å². The van der Waals surface area contributed by atoms with Gasteiger partial charge in [-0.25, -0.2) is 0 Å². The number of hydrogen-bond acceptors (Lipinski definition) is 3. The van der Waals surface area contributed by atoms with Crippen LogP contribution in [0.15, 0.2) is 72.8 Å². The van der Waals surface area contributed by atoms with Crippen molar-refractivity contribution in [2.24, 2.45) is 0 Å². The molecule has 3 heteroatoms. The van der Waals surface area contributed by atoms with Crippen molar-refractivity contribution in [2.45, 2.75) is 18.9 Å². The van der Waals surface area contributed by atoms with Crippen LogP contribution in [0.4, 0.5) is 0 Å². The van der Waals surface area contributed by atoms with Crippen LogP contribution in [-0.4, -0.2) is 5.97 Å². The summed E-state index contributed by atoms with van der Waals surface area (Å²) in [5, 5.41) is 9.05. The molecule has 1 atom stereocenters. The highest BCUT2D eigenvalue weighted by Crippen LogP contribution is 2.24. The van der Waals surface area contributed by atoms with Gasteiger partial charge < -0.3 is 4.74 Å². The third kappa shape index (κ3) is 4.32. The summed E-state index contributed by atoms with van der Waals surface area (Å²) in [6.45, 7) is 3.68. The van der Waals surface area contributed by atoms with Gasteiger partial charge in [-0.3, -0.25) is 4.79 Å². The Morgan fingerprint density at radius 2 is 1.68 bits per heavy atom. The molecule has 2 aromatic carbocycles. The molecule has 2 rings (SSSR count). The number of benzene rings is 2. The number of esters is 1. The van der Waals surface area contributed by atoms with E-state index in [9.17, 15) is 4.79 Å². The summed E-state index contributed by atoms with van der Waals surface area (Å²) < 4.78 is 5.45. The van der Waals surface area contributed by atoms with Gasteiger partial charge in [0, 0.05) is 6.42 Å². The van der Waals surface area contributed by atoms with Crippen LogP contribution >= 0.6 is 0 Å². The highest BCUT2D eigenvalue weighted by molar-refractivity contribution is 5.70. The standard InChI is InChI=1S/C19H17NO2/c1-15(14-20)19(17-10-6-3-7-11-17)22-18(21)13-12-16-8-4-2-5-9-16/h2-11,19H,1,12-13H2. The molecular formula is C19H17NO2. The molecule has 0 aliphatic rings. The molecule has 0 radical (unpaired) electrons. The fraction of sp³-hybridized carbons (Fsp3) is 0.158. The fourth-order valence-corrected chi connectivity index (χ4v) is 2.11. The summed E-state index contributed by atoms with van der Waals surface area (Å²) in [6.07, 6.45) is 0.168. The van der Waals surface area contributed by atoms with Crippen molar-refractivity contribution in [2.75, 3.05) is 0 Å². The van der Waals surface area contributed by atoms with Crippen molar-refractivity contribution >= 4 is 5.97 Å². The molecule has 0 fully saturated rings. The van der Waals surface area contributed by atoms with Crippen molar-refractivity contribution in [3.8, 4) is 6.07 Å². The minimum absolute atomic E-state index is 0.222. The second-order valence-electron chi connectivity index (χ2n) is 4.90. The van der Waals surface area contributed by atoms with Gasteiger partial charge in [0.2, 0.25) is 0 Å². The van der Waals surface area contributed by atoms with Crippen LogP contribution in [-0.2, 0) is 16.0 Å². The summed E-state index contributed by atoms with van der Waals surface area (Å²) in [5.41, 5.74) is 2.05. The van der Waals surface area contributed by atoms with Crippen LogP contribution in [0.3, 0.4) is 0 Å². The Morgan fingerprint density at radius 1 is 1.09 bits per heavy atom. The van der Waals surface area contributed by atoms with Crippen molar-refractivity contribution in [1.82, 2.24) is 0 Å². The van der Waals surface area contributed by atoms with Gasteiger partial charge in [-0.05, 0) is 17.5 Å². The summed E-state index contributed by atoms with van der Waals surface area (Å²) in [6, 6.07) is 20.9. The van der Waals surface area contributed by atoms with E-state index in [1.165, 1.54) is 0 Å². The van der Waals surface area contributed by atoms with Gasteiger partial charge in [0.05, 0.1) is 11.6 Å². The number of aryl methyl sites for hydroxylation is 1. The van der Waals surface area contributed by atoms with E-state index in [4.69, 9.17) is 10.00 Å². The lowest BCUT2D eigenvalue weighted by Crippen LogP contribution is -2.13. The molecule has 0 N–H and O–H groups in total. The topological polar surface area (TPSA) is 50.1 Å². The lowest BCUT2D eigenvalue weighted by Gasteiger charge is -2.17. The highest BCUT2D eigenvalue weighted by Gasteiger charge is 2.19. The Bertz CT molecular complexity index is 672. The Kier molecular flexibility index (Phi) is 5.50. The van der Waals surface area contributed by atoms with Crippen molar-refractivity contribution in [3.05, 3.63) is 83.9 Å². The Hall–Kier alpha value is -2.86. The van der Waals surface area contributed by atoms with E-state index in [0.29, 0.717) is 6.42 Å². The Labute approximate surface area is 130 Å². The van der Waals surface area contributed by atoms with E-state index >= 15 is 0 Å². The van der Waals surface area contributed by atoms with Gasteiger partial charge >= 0.3 is 5.97 Å². The predicted molar refractivity (Wildman–Crippen MR) is 84.8 cm³/mol. The molecule has 0 bridgehead atoms. The molecule has 0 saturated heterocycles. The van der Waals surface area contributed by atoms with Gasteiger partial charge in [0.1, 0.15) is 0 Å². The quantitative estimate of drug-likeness (QED) is 0.597. The lowest BCUT2D eigenvalue weighted by molar-refractivity contribution is -0.147. The third-order valence-corrected chi connectivity index (χ3v) is 3.27. The van der Waals surface area contributed by atoms with Gasteiger partial charge in [-0.15, -0.1) is 0 Å². The number of carbonyl (C=O) groups is 1. The summed E-state index contributed by atoms with van der Waals surface area (Å²) in [5.74, 6) is -0.339. The maximum absolute atomic E-state index is 12.0. The number of rotatable bonds is 6. The van der Waals surface area contributed by atoms with Crippen LogP contribution in [0.25, 0.3) is 0 Å². The number of nitrogens with zero attached hydrogens (tertiary/aromatic N) is 1. The van der Waals surface area contributed by atoms with Gasteiger partial charge in [-0.2, -0.15) is 5.26 Å². The zero-order valence-electron chi connectivity index (χ0n) is 12.2. The maximum Gasteiger partial charge on any atom is 0.307 e. The molecular weight excluding hydrogens is 274 g/mol. The monoisotopic (exact) mass is 291 g/mol. The predicted octanol–water partition coefficient (Wildman–Crippen LogP) is 3.98. The number of nitriles is 1. The average Bonchev–Trinajstić information content (AvgIpc) is 2.59. The van der Waals surface area contributed by atoms with Gasteiger partial charge in [-0.1, -0.05) is 67.2 Å². The molecule has 2 aromatic rings. The minimum Gasteiger partial charge on any atom is -0.452 e. The lowest BCUT2D eigenvalue weighted by atomic mass is 10.0. The molecule has 0 aliphatic heterocycles. The van der Waals surface area contributed by atoms with E-state index in [1.807, 2.05) is 66.7 Å². The van der Waals surface area contributed by atoms with Crippen LogP contribution in [0.5, 0.6) is 0 Å².